The fourth-order valence-electron chi connectivity index (χ4n) is 0.621. The van der Waals surface area contributed by atoms with Crippen molar-refractivity contribution in [3.05, 3.63) is 0 Å². The maximum atomic E-state index is 5.08. The van der Waals surface area contributed by atoms with Gasteiger partial charge in [0.15, 0.2) is 0 Å². The summed E-state index contributed by atoms with van der Waals surface area (Å²) < 4.78 is 20.0. The predicted molar refractivity (Wildman–Crippen MR) is 32.8 cm³/mol. The lowest BCUT2D eigenvalue weighted by atomic mass is 10.8. The van der Waals surface area contributed by atoms with Gasteiger partial charge in [-0.15, -0.1) is 0 Å². The minimum Gasteiger partial charge on any atom is -0.157 e. The first-order valence-electron chi connectivity index (χ1n) is 2.62. The number of hydrogen-bond donors (Lipinski definition) is 0. The van der Waals surface area contributed by atoms with Crippen molar-refractivity contribution in [2.45, 2.75) is 0 Å². The van der Waals surface area contributed by atoms with Crippen LogP contribution in [0.25, 0.3) is 0 Å². The average Bonchev–Trinajstić information content (AvgIpc) is 2.36. The van der Waals surface area contributed by atoms with E-state index in [4.69, 9.17) is 18.1 Å². The van der Waals surface area contributed by atoms with Crippen molar-refractivity contribution >= 4 is 8.17 Å². The highest BCUT2D eigenvalue weighted by Crippen LogP contribution is 2.64. The molecule has 1 aliphatic rings. The van der Waals surface area contributed by atoms with Gasteiger partial charge in [0.1, 0.15) is 13.2 Å². The van der Waals surface area contributed by atoms with Crippen molar-refractivity contribution in [2.24, 2.45) is 0 Å². The van der Waals surface area contributed by atoms with Gasteiger partial charge >= 0.3 is 8.17 Å². The second-order valence-corrected chi connectivity index (χ2v) is 3.62. The van der Waals surface area contributed by atoms with Gasteiger partial charge in [-0.3, -0.25) is 0 Å². The fraction of sp³-hybridized carbons (Fsp3) is 1.00. The summed E-state index contributed by atoms with van der Waals surface area (Å²) in [4.78, 5) is 0. The fourth-order valence-corrected chi connectivity index (χ4v) is 1.86. The Balaban J connectivity index is 2.45. The first kappa shape index (κ1) is 7.38. The first-order valence-corrected chi connectivity index (χ1v) is 4.08. The highest BCUT2D eigenvalue weighted by atomic mass is 31.2. The monoisotopic (exact) mass is 153 g/mol. The van der Waals surface area contributed by atoms with Crippen molar-refractivity contribution in [1.29, 1.82) is 0 Å². The molecule has 1 heterocycles. The molecule has 0 aromatic carbocycles. The van der Waals surface area contributed by atoms with Gasteiger partial charge in [-0.1, -0.05) is 0 Å². The zero-order chi connectivity index (χ0) is 6.74. The molecule has 54 valence electrons. The summed E-state index contributed by atoms with van der Waals surface area (Å²) in [5.74, 6) is 0. The lowest BCUT2D eigenvalue weighted by Gasteiger charge is -2.06. The maximum Gasteiger partial charge on any atom is 0.574 e. The number of hydrogen-bond acceptors (Lipinski definition) is 4. The number of rotatable bonds is 2. The van der Waals surface area contributed by atoms with Gasteiger partial charge in [0.2, 0.25) is 0 Å². The van der Waals surface area contributed by atoms with E-state index in [1.165, 1.54) is 14.2 Å². The SMILES string of the molecule is CO[P+]1(OC)OCCO1. The Hall–Kier alpha value is 0.270. The molecule has 0 amide bonds. The third-order valence-electron chi connectivity index (χ3n) is 1.03. The van der Waals surface area contributed by atoms with Gasteiger partial charge in [-0.25, -0.2) is 0 Å². The Bertz CT molecular complexity index is 84.6. The molecule has 0 saturated carbocycles. The topological polar surface area (TPSA) is 36.9 Å². The molecule has 1 fully saturated rings. The summed E-state index contributed by atoms with van der Waals surface area (Å²) in [6.07, 6.45) is 0. The van der Waals surface area contributed by atoms with Crippen LogP contribution in [0.5, 0.6) is 0 Å². The molecule has 0 spiro atoms. The zero-order valence-corrected chi connectivity index (χ0v) is 6.39. The molecule has 0 atom stereocenters. The van der Waals surface area contributed by atoms with Crippen LogP contribution in [0.2, 0.25) is 0 Å². The van der Waals surface area contributed by atoms with E-state index in [0.717, 1.165) is 0 Å². The van der Waals surface area contributed by atoms with Crippen molar-refractivity contribution in [1.82, 2.24) is 0 Å². The van der Waals surface area contributed by atoms with Gasteiger partial charge in [0.05, 0.1) is 14.2 Å². The average molecular weight is 153 g/mol. The van der Waals surface area contributed by atoms with Gasteiger partial charge in [0.25, 0.3) is 0 Å². The van der Waals surface area contributed by atoms with Crippen molar-refractivity contribution in [3.8, 4) is 0 Å². The molecule has 1 aliphatic heterocycles. The zero-order valence-electron chi connectivity index (χ0n) is 5.49. The van der Waals surface area contributed by atoms with Crippen molar-refractivity contribution < 1.29 is 18.1 Å². The van der Waals surface area contributed by atoms with E-state index < -0.39 is 8.17 Å². The molecule has 9 heavy (non-hydrogen) atoms. The van der Waals surface area contributed by atoms with Gasteiger partial charge in [0, 0.05) is 0 Å². The lowest BCUT2D eigenvalue weighted by Crippen LogP contribution is -1.96. The van der Waals surface area contributed by atoms with Crippen LogP contribution in [0.15, 0.2) is 0 Å². The molecule has 0 bridgehead atoms. The summed E-state index contributed by atoms with van der Waals surface area (Å²) in [6.45, 7) is 1.13. The minimum atomic E-state index is -2.31. The molecule has 0 aromatic rings. The summed E-state index contributed by atoms with van der Waals surface area (Å²) in [7, 11) is 0.724. The third kappa shape index (κ3) is 1.39. The predicted octanol–water partition coefficient (Wildman–Crippen LogP) is 1.00. The third-order valence-corrected chi connectivity index (χ3v) is 2.92. The smallest absolute Gasteiger partial charge is 0.157 e. The van der Waals surface area contributed by atoms with Crippen LogP contribution in [0.1, 0.15) is 0 Å². The second kappa shape index (κ2) is 2.90. The molecule has 5 heteroatoms. The summed E-state index contributed by atoms with van der Waals surface area (Å²) in [5.41, 5.74) is 0. The summed E-state index contributed by atoms with van der Waals surface area (Å²) in [5, 5.41) is 0. The Labute approximate surface area is 54.7 Å². The Morgan fingerprint density at radius 3 is 1.78 bits per heavy atom. The molecule has 1 rings (SSSR count). The van der Waals surface area contributed by atoms with E-state index in [9.17, 15) is 0 Å². The van der Waals surface area contributed by atoms with Gasteiger partial charge in [-0.2, -0.15) is 18.1 Å². The van der Waals surface area contributed by atoms with E-state index in [2.05, 4.69) is 0 Å². The van der Waals surface area contributed by atoms with E-state index in [-0.39, 0.29) is 0 Å². The first-order chi connectivity index (χ1) is 4.33. The van der Waals surface area contributed by atoms with E-state index in [1.54, 1.807) is 0 Å². The van der Waals surface area contributed by atoms with Crippen LogP contribution in [0.4, 0.5) is 0 Å². The van der Waals surface area contributed by atoms with Crippen molar-refractivity contribution in [2.75, 3.05) is 27.4 Å². The van der Waals surface area contributed by atoms with Crippen LogP contribution in [-0.4, -0.2) is 27.4 Å². The molecule has 0 unspecified atom stereocenters. The van der Waals surface area contributed by atoms with Crippen LogP contribution in [-0.2, 0) is 18.1 Å². The Morgan fingerprint density at radius 2 is 1.56 bits per heavy atom. The molecule has 0 aliphatic carbocycles. The largest absolute Gasteiger partial charge is 0.574 e. The van der Waals surface area contributed by atoms with Crippen molar-refractivity contribution in [3.63, 3.8) is 0 Å². The molecule has 0 radical (unpaired) electrons. The van der Waals surface area contributed by atoms with Crippen LogP contribution >= 0.6 is 8.17 Å². The summed E-state index contributed by atoms with van der Waals surface area (Å²) >= 11 is 0. The maximum absolute atomic E-state index is 5.08. The minimum absolute atomic E-state index is 0.565. The van der Waals surface area contributed by atoms with Gasteiger partial charge in [-0.05, 0) is 0 Å². The van der Waals surface area contributed by atoms with Crippen LogP contribution in [0.3, 0.4) is 0 Å². The van der Waals surface area contributed by atoms with Gasteiger partial charge < -0.3 is 0 Å². The normalized spacial score (nSPS) is 24.7. The molecule has 1 saturated heterocycles. The van der Waals surface area contributed by atoms with Crippen LogP contribution < -0.4 is 0 Å². The molecular weight excluding hydrogens is 143 g/mol. The quantitative estimate of drug-likeness (QED) is 0.554. The standard InChI is InChI=1S/C4H10O4P/c1-5-9(6-2)7-3-4-8-9/h3-4H2,1-2H3/q+1. The second-order valence-electron chi connectivity index (χ2n) is 1.48. The highest BCUT2D eigenvalue weighted by Gasteiger charge is 2.51. The Kier molecular flexibility index (Phi) is 2.38. The lowest BCUT2D eigenvalue weighted by molar-refractivity contribution is 0.158. The van der Waals surface area contributed by atoms with E-state index in [1.807, 2.05) is 0 Å². The molecule has 0 aromatic heterocycles. The van der Waals surface area contributed by atoms with E-state index in [0.29, 0.717) is 13.2 Å². The summed E-state index contributed by atoms with van der Waals surface area (Å²) in [6, 6.07) is 0. The Morgan fingerprint density at radius 1 is 1.11 bits per heavy atom. The highest BCUT2D eigenvalue weighted by molar-refractivity contribution is 7.56. The molecule has 0 N–H and O–H groups in total. The van der Waals surface area contributed by atoms with E-state index >= 15 is 0 Å². The molecule has 4 nitrogen and oxygen atoms in total. The molecular formula is C4H10O4P+. The van der Waals surface area contributed by atoms with Crippen LogP contribution in [0, 0.1) is 0 Å².